The second kappa shape index (κ2) is 7.19. The number of ether oxygens (including phenoxy) is 1. The van der Waals surface area contributed by atoms with Gasteiger partial charge in [-0.25, -0.2) is 4.79 Å². The van der Waals surface area contributed by atoms with E-state index in [1.54, 1.807) is 19.9 Å². The van der Waals surface area contributed by atoms with Gasteiger partial charge in [0, 0.05) is 17.3 Å². The molecule has 1 aliphatic rings. The van der Waals surface area contributed by atoms with Crippen LogP contribution >= 0.6 is 12.6 Å². The lowest BCUT2D eigenvalue weighted by molar-refractivity contribution is -0.385. The molecular weight excluding hydrogens is 330 g/mol. The Hall–Kier alpha value is -2.79. The summed E-state index contributed by atoms with van der Waals surface area (Å²) in [6, 6.07) is 8.00. The van der Waals surface area contributed by atoms with E-state index in [-0.39, 0.29) is 34.0 Å². The zero-order valence-corrected chi connectivity index (χ0v) is 14.0. The highest BCUT2D eigenvalue weighted by Crippen LogP contribution is 2.42. The summed E-state index contributed by atoms with van der Waals surface area (Å²) in [4.78, 5) is 23.2. The molecule has 8 heteroatoms. The number of nitrogens with zero attached hydrogens (tertiary/aromatic N) is 2. The molecule has 0 amide bonds. The lowest BCUT2D eigenvalue weighted by Gasteiger charge is -2.27. The molecule has 0 radical (unpaired) electrons. The van der Waals surface area contributed by atoms with E-state index in [1.807, 2.05) is 6.07 Å². The number of nitro groups is 1. The van der Waals surface area contributed by atoms with Gasteiger partial charge in [-0.2, -0.15) is 5.26 Å². The number of dihydropyridines is 1. The Balaban J connectivity index is 2.73. The van der Waals surface area contributed by atoms with Gasteiger partial charge in [0.05, 0.1) is 39.7 Å². The first kappa shape index (κ1) is 17.6. The Morgan fingerprint density at radius 2 is 2.17 bits per heavy atom. The zero-order valence-electron chi connectivity index (χ0n) is 13.1. The highest BCUT2D eigenvalue weighted by molar-refractivity contribution is 7.84. The van der Waals surface area contributed by atoms with E-state index in [1.165, 1.54) is 18.2 Å². The van der Waals surface area contributed by atoms with E-state index < -0.39 is 16.8 Å². The van der Waals surface area contributed by atoms with Gasteiger partial charge in [-0.1, -0.05) is 18.2 Å². The molecular formula is C16H15N3O4S. The topological polar surface area (TPSA) is 105 Å². The molecule has 0 aliphatic carbocycles. The average Bonchev–Trinajstić information content (AvgIpc) is 2.54. The average molecular weight is 345 g/mol. The number of hydrogen-bond acceptors (Lipinski definition) is 7. The molecule has 1 heterocycles. The fourth-order valence-electron chi connectivity index (χ4n) is 2.62. The SMILES string of the molecule is CCOC(=O)C1=C(C)NC(S)=C(C#N)[C@H]1c1ccccc1[N+](=O)[O-]. The second-order valence-corrected chi connectivity index (χ2v) is 5.45. The van der Waals surface area contributed by atoms with Crippen molar-refractivity contribution in [1.82, 2.24) is 5.32 Å². The predicted octanol–water partition coefficient (Wildman–Crippen LogP) is 2.78. The maximum atomic E-state index is 12.4. The van der Waals surface area contributed by atoms with Crippen molar-refractivity contribution in [3.63, 3.8) is 0 Å². The minimum absolute atomic E-state index is 0.126. The summed E-state index contributed by atoms with van der Waals surface area (Å²) < 4.78 is 5.07. The standard InChI is InChI=1S/C16H15N3O4S/c1-3-23-16(20)13-9(2)18-15(24)11(8-17)14(13)10-6-4-5-7-12(10)19(21)22/h4-7,14,18,24H,3H2,1-2H3/t14-/m1/s1. The summed E-state index contributed by atoms with van der Waals surface area (Å²) >= 11 is 4.24. The van der Waals surface area contributed by atoms with Gasteiger partial charge in [0.1, 0.15) is 0 Å². The van der Waals surface area contributed by atoms with Crippen LogP contribution in [0.2, 0.25) is 0 Å². The van der Waals surface area contributed by atoms with Crippen LogP contribution in [0.25, 0.3) is 0 Å². The third-order valence-corrected chi connectivity index (χ3v) is 3.96. The van der Waals surface area contributed by atoms with Gasteiger partial charge in [0.2, 0.25) is 0 Å². The quantitative estimate of drug-likeness (QED) is 0.376. The van der Waals surface area contributed by atoms with Crippen LogP contribution in [-0.2, 0) is 9.53 Å². The maximum Gasteiger partial charge on any atom is 0.336 e. The van der Waals surface area contributed by atoms with Crippen molar-refractivity contribution in [1.29, 1.82) is 5.26 Å². The van der Waals surface area contributed by atoms with Crippen LogP contribution < -0.4 is 5.32 Å². The van der Waals surface area contributed by atoms with Crippen molar-refractivity contribution in [3.8, 4) is 6.07 Å². The minimum Gasteiger partial charge on any atom is -0.463 e. The van der Waals surface area contributed by atoms with Crippen molar-refractivity contribution in [3.05, 3.63) is 61.8 Å². The van der Waals surface area contributed by atoms with E-state index in [0.29, 0.717) is 5.70 Å². The van der Waals surface area contributed by atoms with Crippen LogP contribution in [0.15, 0.2) is 46.1 Å². The number of allylic oxidation sites excluding steroid dienone is 2. The fourth-order valence-corrected chi connectivity index (χ4v) is 2.96. The molecule has 0 aromatic heterocycles. The Morgan fingerprint density at radius 3 is 2.75 bits per heavy atom. The molecule has 0 fully saturated rings. The highest BCUT2D eigenvalue weighted by Gasteiger charge is 2.37. The van der Waals surface area contributed by atoms with E-state index in [0.717, 1.165) is 0 Å². The number of nitriles is 1. The lowest BCUT2D eigenvalue weighted by atomic mass is 9.82. The van der Waals surface area contributed by atoms with Crippen molar-refractivity contribution in [2.24, 2.45) is 0 Å². The van der Waals surface area contributed by atoms with Crippen LogP contribution in [-0.4, -0.2) is 17.5 Å². The molecule has 7 nitrogen and oxygen atoms in total. The minimum atomic E-state index is -0.913. The van der Waals surface area contributed by atoms with Crippen LogP contribution in [0.5, 0.6) is 0 Å². The molecule has 0 saturated carbocycles. The first-order chi connectivity index (χ1) is 11.4. The summed E-state index contributed by atoms with van der Waals surface area (Å²) in [7, 11) is 0. The van der Waals surface area contributed by atoms with E-state index in [9.17, 15) is 20.2 Å². The number of thiol groups is 1. The molecule has 24 heavy (non-hydrogen) atoms. The molecule has 1 N–H and O–H groups in total. The Morgan fingerprint density at radius 1 is 1.50 bits per heavy atom. The fraction of sp³-hybridized carbons (Fsp3) is 0.250. The molecule has 1 aromatic rings. The summed E-state index contributed by atoms with van der Waals surface area (Å²) in [5.74, 6) is -1.54. The van der Waals surface area contributed by atoms with Crippen LogP contribution in [0.3, 0.4) is 0 Å². The largest absolute Gasteiger partial charge is 0.463 e. The monoisotopic (exact) mass is 345 g/mol. The summed E-state index contributed by atoms with van der Waals surface area (Å²) in [6.45, 7) is 3.45. The van der Waals surface area contributed by atoms with Gasteiger partial charge < -0.3 is 10.1 Å². The van der Waals surface area contributed by atoms with Crippen LogP contribution in [0.1, 0.15) is 25.3 Å². The number of carbonyl (C=O) groups is 1. The van der Waals surface area contributed by atoms with E-state index >= 15 is 0 Å². The number of hydrogen-bond donors (Lipinski definition) is 2. The molecule has 0 saturated heterocycles. The molecule has 0 spiro atoms. The first-order valence-electron chi connectivity index (χ1n) is 7.13. The van der Waals surface area contributed by atoms with Crippen molar-refractivity contribution in [2.75, 3.05) is 6.61 Å². The number of esters is 1. The van der Waals surface area contributed by atoms with Crippen molar-refractivity contribution in [2.45, 2.75) is 19.8 Å². The predicted molar refractivity (Wildman–Crippen MR) is 89.9 cm³/mol. The number of nitrogens with one attached hydrogen (secondary N) is 1. The van der Waals surface area contributed by atoms with Gasteiger partial charge in [0.15, 0.2) is 0 Å². The van der Waals surface area contributed by atoms with Gasteiger partial charge in [-0.05, 0) is 13.8 Å². The lowest BCUT2D eigenvalue weighted by Crippen LogP contribution is -2.28. The Kier molecular flexibility index (Phi) is 5.26. The van der Waals surface area contributed by atoms with E-state index in [2.05, 4.69) is 17.9 Å². The zero-order chi connectivity index (χ0) is 17.9. The normalized spacial score (nSPS) is 17.2. The molecule has 2 rings (SSSR count). The summed E-state index contributed by atoms with van der Waals surface area (Å²) in [5.41, 5.74) is 0.810. The number of carbonyl (C=O) groups excluding carboxylic acids is 1. The van der Waals surface area contributed by atoms with Gasteiger partial charge in [-0.3, -0.25) is 10.1 Å². The van der Waals surface area contributed by atoms with Gasteiger partial charge >= 0.3 is 5.97 Å². The Labute approximate surface area is 144 Å². The Bertz CT molecular complexity index is 808. The third-order valence-electron chi connectivity index (χ3n) is 3.60. The molecule has 0 unspecified atom stereocenters. The van der Waals surface area contributed by atoms with Crippen molar-refractivity contribution < 1.29 is 14.5 Å². The number of para-hydroxylation sites is 1. The van der Waals surface area contributed by atoms with Crippen LogP contribution in [0, 0.1) is 21.4 Å². The summed E-state index contributed by atoms with van der Waals surface area (Å²) in [5, 5.41) is 24.0. The summed E-state index contributed by atoms with van der Waals surface area (Å²) in [6.07, 6.45) is 0. The number of nitro benzene ring substituents is 1. The van der Waals surface area contributed by atoms with Crippen LogP contribution in [0.4, 0.5) is 5.69 Å². The molecule has 1 aliphatic heterocycles. The smallest absolute Gasteiger partial charge is 0.336 e. The maximum absolute atomic E-state index is 12.4. The molecule has 124 valence electrons. The number of benzene rings is 1. The molecule has 1 atom stereocenters. The number of rotatable bonds is 4. The highest BCUT2D eigenvalue weighted by atomic mass is 32.1. The van der Waals surface area contributed by atoms with Crippen molar-refractivity contribution >= 4 is 24.3 Å². The van der Waals surface area contributed by atoms with Gasteiger partial charge in [0.25, 0.3) is 5.69 Å². The first-order valence-corrected chi connectivity index (χ1v) is 7.58. The molecule has 0 bridgehead atoms. The van der Waals surface area contributed by atoms with Gasteiger partial charge in [-0.15, -0.1) is 12.6 Å². The molecule has 1 aromatic carbocycles. The van der Waals surface area contributed by atoms with E-state index in [4.69, 9.17) is 4.74 Å². The third kappa shape index (κ3) is 3.12. The second-order valence-electron chi connectivity index (χ2n) is 5.01.